The smallest absolute Gasteiger partial charge is 0.258 e. The van der Waals surface area contributed by atoms with Gasteiger partial charge in [0.2, 0.25) is 0 Å². The fraction of sp³-hybridized carbons (Fsp3) is 0.176. The van der Waals surface area contributed by atoms with Crippen molar-refractivity contribution < 1.29 is 9.90 Å². The molecule has 0 radical (unpaired) electrons. The minimum Gasteiger partial charge on any atom is -0.380 e. The van der Waals surface area contributed by atoms with Crippen molar-refractivity contribution >= 4 is 27.3 Å². The first-order chi connectivity index (χ1) is 10.6. The standard InChI is InChI=1S/C17H16N2O2S/c1-2-17(21,11-6-4-3-5-7-11)13-9-19-10-15-12(13)8-14(22-15)16(18)20/h3-10,21H,2H2,1H3,(H2,18,20). The largest absolute Gasteiger partial charge is 0.380 e. The molecule has 3 rings (SSSR count). The van der Waals surface area contributed by atoms with Crippen LogP contribution in [0.4, 0.5) is 0 Å². The molecule has 0 saturated carbocycles. The zero-order chi connectivity index (χ0) is 15.7. The van der Waals surface area contributed by atoms with Crippen LogP contribution in [0.1, 0.15) is 34.1 Å². The summed E-state index contributed by atoms with van der Waals surface area (Å²) in [5, 5.41) is 12.1. The van der Waals surface area contributed by atoms with Gasteiger partial charge in [-0.3, -0.25) is 9.78 Å². The number of rotatable bonds is 4. The molecule has 1 unspecified atom stereocenters. The second kappa shape index (κ2) is 5.51. The van der Waals surface area contributed by atoms with Gasteiger partial charge in [-0.15, -0.1) is 11.3 Å². The monoisotopic (exact) mass is 312 g/mol. The Morgan fingerprint density at radius 1 is 1.32 bits per heavy atom. The van der Waals surface area contributed by atoms with Crippen molar-refractivity contribution in [2.45, 2.75) is 18.9 Å². The van der Waals surface area contributed by atoms with Gasteiger partial charge in [0, 0.05) is 23.3 Å². The number of nitrogens with zero attached hydrogens (tertiary/aromatic N) is 1. The number of nitrogens with two attached hydrogens (primary N) is 1. The number of thiophene rings is 1. The Labute approximate surface area is 132 Å². The zero-order valence-corrected chi connectivity index (χ0v) is 12.9. The molecule has 22 heavy (non-hydrogen) atoms. The number of fused-ring (bicyclic) bond motifs is 1. The Bertz CT molecular complexity index is 829. The highest BCUT2D eigenvalue weighted by molar-refractivity contribution is 7.20. The van der Waals surface area contributed by atoms with Gasteiger partial charge in [0.1, 0.15) is 5.60 Å². The summed E-state index contributed by atoms with van der Waals surface area (Å²) < 4.78 is 0.842. The minimum absolute atomic E-state index is 0.466. The second-order valence-electron chi connectivity index (χ2n) is 5.15. The van der Waals surface area contributed by atoms with Gasteiger partial charge >= 0.3 is 0 Å². The first-order valence-electron chi connectivity index (χ1n) is 7.02. The summed E-state index contributed by atoms with van der Waals surface area (Å²) in [6.45, 7) is 1.92. The van der Waals surface area contributed by atoms with Gasteiger partial charge in [-0.1, -0.05) is 37.3 Å². The van der Waals surface area contributed by atoms with Crippen LogP contribution in [0, 0.1) is 0 Å². The maximum absolute atomic E-state index is 11.4. The maximum atomic E-state index is 11.4. The minimum atomic E-state index is -1.15. The van der Waals surface area contributed by atoms with Crippen molar-refractivity contribution in [3.8, 4) is 0 Å². The Kier molecular flexibility index (Phi) is 3.68. The fourth-order valence-electron chi connectivity index (χ4n) is 2.68. The van der Waals surface area contributed by atoms with Crippen molar-refractivity contribution in [1.82, 2.24) is 4.98 Å². The predicted molar refractivity (Wildman–Crippen MR) is 87.9 cm³/mol. The molecule has 0 aliphatic heterocycles. The van der Waals surface area contributed by atoms with Crippen molar-refractivity contribution in [3.63, 3.8) is 0 Å². The lowest BCUT2D eigenvalue weighted by Gasteiger charge is -2.28. The van der Waals surface area contributed by atoms with E-state index in [0.29, 0.717) is 16.9 Å². The van der Waals surface area contributed by atoms with Gasteiger partial charge in [0.05, 0.1) is 9.58 Å². The van der Waals surface area contributed by atoms with E-state index in [1.807, 2.05) is 37.3 Å². The predicted octanol–water partition coefficient (Wildman–Crippen LogP) is 3.04. The molecule has 1 amide bonds. The molecule has 2 aromatic heterocycles. The van der Waals surface area contributed by atoms with Gasteiger partial charge < -0.3 is 10.8 Å². The third-order valence-electron chi connectivity index (χ3n) is 3.90. The molecule has 2 heterocycles. The first-order valence-corrected chi connectivity index (χ1v) is 7.83. The summed E-state index contributed by atoms with van der Waals surface area (Å²) >= 11 is 1.29. The lowest BCUT2D eigenvalue weighted by atomic mass is 9.83. The van der Waals surface area contributed by atoms with E-state index in [1.165, 1.54) is 11.3 Å². The van der Waals surface area contributed by atoms with E-state index < -0.39 is 11.5 Å². The van der Waals surface area contributed by atoms with Gasteiger partial charge in [-0.2, -0.15) is 0 Å². The molecule has 3 aromatic rings. The number of benzene rings is 1. The van der Waals surface area contributed by atoms with Crippen LogP contribution in [-0.4, -0.2) is 16.0 Å². The van der Waals surface area contributed by atoms with E-state index >= 15 is 0 Å². The summed E-state index contributed by atoms with van der Waals surface area (Å²) in [6.07, 6.45) is 3.85. The van der Waals surface area contributed by atoms with Crippen LogP contribution in [0.3, 0.4) is 0 Å². The quantitative estimate of drug-likeness (QED) is 0.777. The highest BCUT2D eigenvalue weighted by atomic mass is 32.1. The Morgan fingerprint density at radius 3 is 2.68 bits per heavy atom. The first kappa shape index (κ1) is 14.7. The van der Waals surface area contributed by atoms with E-state index in [0.717, 1.165) is 15.6 Å². The summed E-state index contributed by atoms with van der Waals surface area (Å²) in [4.78, 5) is 16.1. The average Bonchev–Trinajstić information content (AvgIpc) is 2.99. The van der Waals surface area contributed by atoms with E-state index in [-0.39, 0.29) is 0 Å². The van der Waals surface area contributed by atoms with Crippen molar-refractivity contribution in [2.75, 3.05) is 0 Å². The van der Waals surface area contributed by atoms with Crippen LogP contribution in [0.25, 0.3) is 10.1 Å². The molecule has 112 valence electrons. The Morgan fingerprint density at radius 2 is 2.05 bits per heavy atom. The number of hydrogen-bond donors (Lipinski definition) is 2. The lowest BCUT2D eigenvalue weighted by Crippen LogP contribution is -2.26. The van der Waals surface area contributed by atoms with Crippen LogP contribution < -0.4 is 5.73 Å². The van der Waals surface area contributed by atoms with Gasteiger partial charge in [-0.25, -0.2) is 0 Å². The number of pyridine rings is 1. The molecule has 3 N–H and O–H groups in total. The fourth-order valence-corrected chi connectivity index (χ4v) is 3.58. The Hall–Kier alpha value is -2.24. The van der Waals surface area contributed by atoms with Crippen LogP contribution in [0.15, 0.2) is 48.8 Å². The molecule has 0 aliphatic carbocycles. The summed E-state index contributed by atoms with van der Waals surface area (Å²) in [7, 11) is 0. The maximum Gasteiger partial charge on any atom is 0.258 e. The van der Waals surface area contributed by atoms with E-state index in [1.54, 1.807) is 18.5 Å². The molecular formula is C17H16N2O2S. The van der Waals surface area contributed by atoms with Crippen LogP contribution in [-0.2, 0) is 5.60 Å². The number of carbonyl (C=O) groups excluding carboxylic acids is 1. The summed E-state index contributed by atoms with van der Waals surface area (Å²) in [6, 6.07) is 11.2. The average molecular weight is 312 g/mol. The Balaban J connectivity index is 2.25. The van der Waals surface area contributed by atoms with Crippen molar-refractivity contribution in [3.05, 3.63) is 64.8 Å². The molecular weight excluding hydrogens is 296 g/mol. The molecule has 0 bridgehead atoms. The topological polar surface area (TPSA) is 76.2 Å². The molecule has 0 saturated heterocycles. The van der Waals surface area contributed by atoms with Crippen LogP contribution in [0.2, 0.25) is 0 Å². The van der Waals surface area contributed by atoms with Gasteiger partial charge in [0.15, 0.2) is 0 Å². The molecule has 1 aromatic carbocycles. The molecule has 0 aliphatic rings. The van der Waals surface area contributed by atoms with Crippen LogP contribution >= 0.6 is 11.3 Å². The van der Waals surface area contributed by atoms with Gasteiger partial charge in [0.25, 0.3) is 5.91 Å². The van der Waals surface area contributed by atoms with E-state index in [2.05, 4.69) is 4.98 Å². The number of aliphatic hydroxyl groups is 1. The third-order valence-corrected chi connectivity index (χ3v) is 4.98. The van der Waals surface area contributed by atoms with E-state index in [4.69, 9.17) is 5.73 Å². The highest BCUT2D eigenvalue weighted by Crippen LogP contribution is 2.38. The molecule has 1 atom stereocenters. The van der Waals surface area contributed by atoms with Crippen molar-refractivity contribution in [1.29, 1.82) is 0 Å². The van der Waals surface area contributed by atoms with Gasteiger partial charge in [-0.05, 0) is 18.1 Å². The molecule has 0 fully saturated rings. The summed E-state index contributed by atoms with van der Waals surface area (Å²) in [5.74, 6) is -0.466. The summed E-state index contributed by atoms with van der Waals surface area (Å²) in [5.41, 5.74) is 5.72. The number of hydrogen-bond acceptors (Lipinski definition) is 4. The number of carbonyl (C=O) groups is 1. The number of primary amides is 1. The molecule has 5 heteroatoms. The van der Waals surface area contributed by atoms with E-state index in [9.17, 15) is 9.90 Å². The highest BCUT2D eigenvalue weighted by Gasteiger charge is 2.32. The number of aromatic nitrogens is 1. The normalized spacial score (nSPS) is 13.9. The zero-order valence-electron chi connectivity index (χ0n) is 12.1. The van der Waals surface area contributed by atoms with Crippen LogP contribution in [0.5, 0.6) is 0 Å². The third kappa shape index (κ3) is 2.28. The SMILES string of the molecule is CCC(O)(c1ccccc1)c1cncc2sc(C(N)=O)cc12. The lowest BCUT2D eigenvalue weighted by molar-refractivity contribution is 0.0777. The number of amides is 1. The second-order valence-corrected chi connectivity index (χ2v) is 6.24. The molecule has 0 spiro atoms. The van der Waals surface area contributed by atoms with Crippen molar-refractivity contribution in [2.24, 2.45) is 5.73 Å². The molecule has 4 nitrogen and oxygen atoms in total.